The molecule has 2 unspecified atom stereocenters. The second-order valence-corrected chi connectivity index (χ2v) is 13.6. The van der Waals surface area contributed by atoms with E-state index in [-0.39, 0.29) is 10.6 Å². The molecule has 0 saturated heterocycles. The topological polar surface area (TPSA) is 89.4 Å². The van der Waals surface area contributed by atoms with E-state index in [4.69, 9.17) is 62.7 Å². The summed E-state index contributed by atoms with van der Waals surface area (Å²) in [4.78, 5) is 38.8. The van der Waals surface area contributed by atoms with Gasteiger partial charge < -0.3 is 15.4 Å². The van der Waals surface area contributed by atoms with Crippen molar-refractivity contribution < 1.29 is 19.1 Å². The van der Waals surface area contributed by atoms with Crippen LogP contribution in [0.25, 0.3) is 10.9 Å². The zero-order valence-electron chi connectivity index (χ0n) is 22.5. The molecule has 218 valence electrons. The van der Waals surface area contributed by atoms with Crippen molar-refractivity contribution >= 4 is 98.2 Å². The number of carbonyl (C=O) groups is 3. The zero-order chi connectivity index (χ0) is 30.6. The van der Waals surface area contributed by atoms with Crippen LogP contribution in [0.4, 0.5) is 16.2 Å². The van der Waals surface area contributed by atoms with Crippen molar-refractivity contribution in [1.29, 1.82) is 0 Å². The second-order valence-electron chi connectivity index (χ2n) is 10.9. The van der Waals surface area contributed by atoms with E-state index in [0.717, 1.165) is 5.39 Å². The number of aromatic nitrogens is 1. The second kappa shape index (κ2) is 11.3. The molecule has 0 radical (unpaired) electrons. The highest BCUT2D eigenvalue weighted by Crippen LogP contribution is 2.65. The lowest BCUT2D eigenvalue weighted by Gasteiger charge is -2.19. The monoisotopic (exact) mass is 665 g/mol. The van der Waals surface area contributed by atoms with Crippen molar-refractivity contribution in [1.82, 2.24) is 4.57 Å². The largest absolute Gasteiger partial charge is 0.443 e. The molecule has 1 saturated carbocycles. The lowest BCUT2D eigenvalue weighted by atomic mass is 10.1. The normalized spacial score (nSPS) is 17.5. The third kappa shape index (κ3) is 6.36. The molecule has 0 aliphatic heterocycles. The molecular weight excluding hydrogens is 644 g/mol. The highest BCUT2D eigenvalue weighted by atomic mass is 35.5. The lowest BCUT2D eigenvalue weighted by molar-refractivity contribution is -0.117. The van der Waals surface area contributed by atoms with E-state index < -0.39 is 39.7 Å². The molecule has 1 fully saturated rings. The Hall–Kier alpha value is -2.94. The number of nitrogens with zero attached hydrogens (tertiary/aromatic N) is 1. The third-order valence-corrected chi connectivity index (χ3v) is 8.30. The van der Waals surface area contributed by atoms with Gasteiger partial charge in [-0.2, -0.15) is 0 Å². The maximum atomic E-state index is 13.2. The number of carbonyl (C=O) groups excluding carboxylic acids is 3. The summed E-state index contributed by atoms with van der Waals surface area (Å²) >= 11 is 31.5. The molecule has 42 heavy (non-hydrogen) atoms. The minimum absolute atomic E-state index is 0.137. The number of rotatable bonds is 5. The summed E-state index contributed by atoms with van der Waals surface area (Å²) in [7, 11) is 0. The minimum atomic E-state index is -1.36. The van der Waals surface area contributed by atoms with Crippen LogP contribution in [0.1, 0.15) is 42.6 Å². The van der Waals surface area contributed by atoms with Gasteiger partial charge in [-0.1, -0.05) is 34.8 Å². The number of fused-ring (bicyclic) bond motifs is 1. The van der Waals surface area contributed by atoms with Gasteiger partial charge >= 0.3 is 6.09 Å². The number of ether oxygens (including phenoxy) is 1. The van der Waals surface area contributed by atoms with E-state index in [2.05, 4.69) is 10.6 Å². The summed E-state index contributed by atoms with van der Waals surface area (Å²) in [6.07, 6.45) is 1.10. The molecular formula is C30H24Cl5N3O4. The Balaban J connectivity index is 1.30. The molecule has 7 nitrogen and oxygen atoms in total. The van der Waals surface area contributed by atoms with Gasteiger partial charge in [-0.25, -0.2) is 4.79 Å². The summed E-state index contributed by atoms with van der Waals surface area (Å²) in [5.41, 5.74) is 1.58. The van der Waals surface area contributed by atoms with Gasteiger partial charge in [0.25, 0.3) is 5.91 Å². The number of hydrogen-bond acceptors (Lipinski definition) is 4. The Bertz CT molecular complexity index is 1720. The predicted molar refractivity (Wildman–Crippen MR) is 169 cm³/mol. The van der Waals surface area contributed by atoms with Crippen molar-refractivity contribution in [2.75, 3.05) is 10.6 Å². The zero-order valence-corrected chi connectivity index (χ0v) is 26.3. The van der Waals surface area contributed by atoms with E-state index in [0.29, 0.717) is 32.5 Å². The average molecular weight is 668 g/mol. The number of benzene rings is 3. The molecule has 1 heterocycles. The molecule has 3 aromatic carbocycles. The van der Waals surface area contributed by atoms with E-state index in [1.54, 1.807) is 75.5 Å². The van der Waals surface area contributed by atoms with Gasteiger partial charge in [0.2, 0.25) is 5.91 Å². The molecule has 5 rings (SSSR count). The molecule has 12 heteroatoms. The van der Waals surface area contributed by atoms with Crippen LogP contribution in [-0.2, 0) is 9.53 Å². The van der Waals surface area contributed by atoms with Crippen LogP contribution in [0.15, 0.2) is 66.9 Å². The number of amides is 2. The SMILES string of the molecule is CC(C)(C)OC(=O)n1ccc2cc(NC(=O)c3cc(NC(=O)C4C(c5cc(Cl)cc(Cl)c5)C4(Cl)Cl)ccc3Cl)ccc21. The Morgan fingerprint density at radius 2 is 1.50 bits per heavy atom. The Kier molecular flexibility index (Phi) is 8.20. The highest BCUT2D eigenvalue weighted by Gasteiger charge is 2.67. The quantitative estimate of drug-likeness (QED) is 0.208. The van der Waals surface area contributed by atoms with Gasteiger partial charge in [0, 0.05) is 38.9 Å². The van der Waals surface area contributed by atoms with Gasteiger partial charge in [-0.05, 0) is 87.0 Å². The van der Waals surface area contributed by atoms with Gasteiger partial charge in [-0.3, -0.25) is 14.2 Å². The van der Waals surface area contributed by atoms with E-state index in [1.807, 2.05) is 0 Å². The molecule has 4 aromatic rings. The first-order valence-electron chi connectivity index (χ1n) is 12.7. The average Bonchev–Trinajstić information content (AvgIpc) is 3.22. The Morgan fingerprint density at radius 3 is 2.17 bits per heavy atom. The molecule has 0 spiro atoms. The van der Waals surface area contributed by atoms with Crippen molar-refractivity contribution in [2.45, 2.75) is 36.6 Å². The van der Waals surface area contributed by atoms with Crippen LogP contribution in [0.5, 0.6) is 0 Å². The maximum Gasteiger partial charge on any atom is 0.418 e. The van der Waals surface area contributed by atoms with Crippen LogP contribution >= 0.6 is 58.0 Å². The van der Waals surface area contributed by atoms with Crippen LogP contribution in [-0.4, -0.2) is 32.4 Å². The van der Waals surface area contributed by atoms with Crippen molar-refractivity contribution in [3.8, 4) is 0 Å². The minimum Gasteiger partial charge on any atom is -0.443 e. The number of alkyl halides is 2. The first-order valence-corrected chi connectivity index (χ1v) is 14.6. The Labute approximate surface area is 267 Å². The van der Waals surface area contributed by atoms with Gasteiger partial charge in [0.1, 0.15) is 9.93 Å². The van der Waals surface area contributed by atoms with E-state index >= 15 is 0 Å². The molecule has 1 aliphatic carbocycles. The number of anilines is 2. The van der Waals surface area contributed by atoms with Crippen LogP contribution in [0, 0.1) is 5.92 Å². The Morgan fingerprint density at radius 1 is 0.857 bits per heavy atom. The number of hydrogen-bond donors (Lipinski definition) is 2. The summed E-state index contributed by atoms with van der Waals surface area (Å²) in [5, 5.41) is 7.29. The van der Waals surface area contributed by atoms with Crippen molar-refractivity contribution in [3.63, 3.8) is 0 Å². The summed E-state index contributed by atoms with van der Waals surface area (Å²) in [5.74, 6) is -2.23. The predicted octanol–water partition coefficient (Wildman–Crippen LogP) is 9.16. The first kappa shape index (κ1) is 30.5. The standard InChI is InChI=1S/C30H24Cl5N3O4/c1-29(2,3)42-28(41)38-9-8-15-12-19(5-7-23(15)38)36-26(39)21-14-20(4-6-22(21)33)37-27(40)25-24(30(25,34)35)16-10-17(31)13-18(32)11-16/h4-14,24-25H,1-3H3,(H,36,39)(H,37,40). The molecule has 1 aliphatic rings. The summed E-state index contributed by atoms with van der Waals surface area (Å²) in [6.45, 7) is 5.37. The van der Waals surface area contributed by atoms with Crippen LogP contribution in [0.3, 0.4) is 0 Å². The molecule has 2 amide bonds. The van der Waals surface area contributed by atoms with Crippen molar-refractivity contribution in [2.24, 2.45) is 5.92 Å². The molecule has 1 aromatic heterocycles. The molecule has 0 bridgehead atoms. The van der Waals surface area contributed by atoms with Gasteiger partial charge in [-0.15, -0.1) is 23.2 Å². The van der Waals surface area contributed by atoms with Gasteiger partial charge in [0.05, 0.1) is 22.0 Å². The number of nitrogens with one attached hydrogen (secondary N) is 2. The maximum absolute atomic E-state index is 13.2. The van der Waals surface area contributed by atoms with E-state index in [1.165, 1.54) is 16.7 Å². The lowest BCUT2D eigenvalue weighted by Crippen LogP contribution is -2.26. The highest BCUT2D eigenvalue weighted by molar-refractivity contribution is 6.53. The fraction of sp³-hybridized carbons (Fsp3) is 0.233. The summed E-state index contributed by atoms with van der Waals surface area (Å²) in [6, 6.07) is 16.3. The smallest absolute Gasteiger partial charge is 0.418 e. The van der Waals surface area contributed by atoms with Gasteiger partial charge in [0.15, 0.2) is 0 Å². The molecule has 2 atom stereocenters. The van der Waals surface area contributed by atoms with Crippen LogP contribution < -0.4 is 10.6 Å². The summed E-state index contributed by atoms with van der Waals surface area (Å²) < 4.78 is 5.49. The van der Waals surface area contributed by atoms with E-state index in [9.17, 15) is 14.4 Å². The fourth-order valence-electron chi connectivity index (χ4n) is 4.71. The number of halogens is 5. The molecule has 2 N–H and O–H groups in total. The van der Waals surface area contributed by atoms with Crippen LogP contribution in [0.2, 0.25) is 15.1 Å². The van der Waals surface area contributed by atoms with Crippen molar-refractivity contribution in [3.05, 3.63) is 93.1 Å². The first-order chi connectivity index (χ1) is 19.6. The fourth-order valence-corrected chi connectivity index (χ4v) is 6.28. The third-order valence-electron chi connectivity index (χ3n) is 6.60.